The van der Waals surface area contributed by atoms with Crippen LogP contribution in [-0.2, 0) is 10.4 Å². The van der Waals surface area contributed by atoms with Crippen LogP contribution in [0.25, 0.3) is 0 Å². The summed E-state index contributed by atoms with van der Waals surface area (Å²) in [6.07, 6.45) is 6.58. The summed E-state index contributed by atoms with van der Waals surface area (Å²) >= 11 is 0. The molecule has 3 rings (SSSR count). The van der Waals surface area contributed by atoms with Crippen LogP contribution in [0.5, 0.6) is 0 Å². The van der Waals surface area contributed by atoms with E-state index >= 15 is 0 Å². The maximum atomic E-state index is 13.2. The van der Waals surface area contributed by atoms with Gasteiger partial charge in [0.25, 0.3) is 0 Å². The third-order valence-electron chi connectivity index (χ3n) is 6.11. The molecule has 0 unspecified atom stereocenters. The molecule has 2 fully saturated rings. The number of hydrogen-bond donors (Lipinski definition) is 1. The summed E-state index contributed by atoms with van der Waals surface area (Å²) in [5.74, 6) is -0.122. The molecule has 4 nitrogen and oxygen atoms in total. The first-order chi connectivity index (χ1) is 12.5. The highest BCUT2D eigenvalue weighted by molar-refractivity contribution is 5.78. The van der Waals surface area contributed by atoms with E-state index in [1.165, 1.54) is 31.4 Å². The second-order valence-electron chi connectivity index (χ2n) is 7.80. The molecular formula is C21H31FN2O2. The maximum absolute atomic E-state index is 13.2. The highest BCUT2D eigenvalue weighted by atomic mass is 19.1. The van der Waals surface area contributed by atoms with Crippen molar-refractivity contribution >= 4 is 5.91 Å². The van der Waals surface area contributed by atoms with Gasteiger partial charge in [0.2, 0.25) is 5.91 Å². The molecule has 26 heavy (non-hydrogen) atoms. The highest BCUT2D eigenvalue weighted by Crippen LogP contribution is 2.33. The lowest BCUT2D eigenvalue weighted by Gasteiger charge is -2.36. The molecule has 0 bridgehead atoms. The number of nitrogens with zero attached hydrogens (tertiary/aromatic N) is 2. The van der Waals surface area contributed by atoms with E-state index in [2.05, 4.69) is 11.8 Å². The second kappa shape index (κ2) is 8.49. The Hall–Kier alpha value is -1.46. The van der Waals surface area contributed by atoms with Gasteiger partial charge in [0.05, 0.1) is 12.1 Å². The molecule has 2 aliphatic rings. The number of piperidine rings is 1. The molecule has 2 atom stereocenters. The van der Waals surface area contributed by atoms with Gasteiger partial charge >= 0.3 is 0 Å². The van der Waals surface area contributed by atoms with Crippen molar-refractivity contribution in [2.45, 2.75) is 63.5 Å². The molecule has 0 radical (unpaired) electrons. The van der Waals surface area contributed by atoms with Crippen LogP contribution in [0.15, 0.2) is 24.3 Å². The van der Waals surface area contributed by atoms with Gasteiger partial charge in [-0.05, 0) is 62.8 Å². The van der Waals surface area contributed by atoms with E-state index in [0.29, 0.717) is 38.5 Å². The fourth-order valence-corrected chi connectivity index (χ4v) is 4.42. The first-order valence-electron chi connectivity index (χ1n) is 10.0. The standard InChI is InChI=1S/C21H31FN2O2/c1-2-19-6-3-4-13-24(19)16-20(25)23-14-5-11-21(26,12-15-23)17-7-9-18(22)10-8-17/h7-10,19,26H,2-6,11-16H2,1H3/t19-,21-/m0/s1. The molecular weight excluding hydrogens is 331 g/mol. The summed E-state index contributed by atoms with van der Waals surface area (Å²) in [5.41, 5.74) is -0.227. The van der Waals surface area contributed by atoms with Crippen molar-refractivity contribution in [3.05, 3.63) is 35.6 Å². The maximum Gasteiger partial charge on any atom is 0.236 e. The van der Waals surface area contributed by atoms with Crippen LogP contribution in [0.3, 0.4) is 0 Å². The number of likely N-dealkylation sites (tertiary alicyclic amines) is 2. The van der Waals surface area contributed by atoms with Crippen molar-refractivity contribution < 1.29 is 14.3 Å². The van der Waals surface area contributed by atoms with Gasteiger partial charge in [-0.2, -0.15) is 0 Å². The van der Waals surface area contributed by atoms with Crippen LogP contribution in [0.4, 0.5) is 4.39 Å². The third kappa shape index (κ3) is 4.44. The summed E-state index contributed by atoms with van der Waals surface area (Å²) in [4.78, 5) is 17.1. The SMILES string of the molecule is CC[C@H]1CCCCN1CC(=O)N1CCC[C@@](O)(c2ccc(F)cc2)CC1. The van der Waals surface area contributed by atoms with Crippen LogP contribution in [0, 0.1) is 5.82 Å². The Morgan fingerprint density at radius 2 is 1.92 bits per heavy atom. The zero-order chi connectivity index (χ0) is 18.6. The molecule has 5 heteroatoms. The molecule has 0 saturated carbocycles. The minimum Gasteiger partial charge on any atom is -0.385 e. The van der Waals surface area contributed by atoms with Crippen LogP contribution in [0.2, 0.25) is 0 Å². The number of aliphatic hydroxyl groups is 1. The van der Waals surface area contributed by atoms with Crippen molar-refractivity contribution in [1.82, 2.24) is 9.80 Å². The molecule has 0 spiro atoms. The Morgan fingerprint density at radius 1 is 1.15 bits per heavy atom. The molecule has 1 N–H and O–H groups in total. The van der Waals surface area contributed by atoms with Crippen molar-refractivity contribution in [2.75, 3.05) is 26.2 Å². The van der Waals surface area contributed by atoms with Gasteiger partial charge in [0.15, 0.2) is 0 Å². The molecule has 1 aromatic carbocycles. The second-order valence-corrected chi connectivity index (χ2v) is 7.80. The van der Waals surface area contributed by atoms with Gasteiger partial charge in [-0.3, -0.25) is 9.69 Å². The van der Waals surface area contributed by atoms with Crippen LogP contribution >= 0.6 is 0 Å². The number of halogens is 1. The summed E-state index contributed by atoms with van der Waals surface area (Å²) in [7, 11) is 0. The van der Waals surface area contributed by atoms with Crippen LogP contribution < -0.4 is 0 Å². The smallest absolute Gasteiger partial charge is 0.236 e. The average molecular weight is 362 g/mol. The van der Waals surface area contributed by atoms with E-state index in [1.54, 1.807) is 12.1 Å². The predicted octanol–water partition coefficient (Wildman–Crippen LogP) is 3.29. The molecule has 2 aliphatic heterocycles. The van der Waals surface area contributed by atoms with Crippen molar-refractivity contribution in [3.63, 3.8) is 0 Å². The summed E-state index contributed by atoms with van der Waals surface area (Å²) in [5, 5.41) is 11.0. The van der Waals surface area contributed by atoms with Gasteiger partial charge in [0.1, 0.15) is 5.82 Å². The van der Waals surface area contributed by atoms with Gasteiger partial charge < -0.3 is 10.0 Å². The Bertz CT molecular complexity index is 607. The highest BCUT2D eigenvalue weighted by Gasteiger charge is 2.34. The lowest BCUT2D eigenvalue weighted by atomic mass is 9.87. The van der Waals surface area contributed by atoms with Crippen LogP contribution in [0.1, 0.15) is 57.4 Å². The molecule has 1 aromatic rings. The van der Waals surface area contributed by atoms with E-state index in [1.807, 2.05) is 4.90 Å². The fourth-order valence-electron chi connectivity index (χ4n) is 4.42. The Kier molecular flexibility index (Phi) is 6.30. The monoisotopic (exact) mass is 362 g/mol. The zero-order valence-corrected chi connectivity index (χ0v) is 15.8. The first kappa shape index (κ1) is 19.3. The van der Waals surface area contributed by atoms with Crippen molar-refractivity contribution in [1.29, 1.82) is 0 Å². The summed E-state index contributed by atoms with van der Waals surface area (Å²) in [6.45, 7) is 4.94. The topological polar surface area (TPSA) is 43.8 Å². The molecule has 2 heterocycles. The number of carbonyl (C=O) groups excluding carboxylic acids is 1. The van der Waals surface area contributed by atoms with Crippen molar-refractivity contribution in [2.24, 2.45) is 0 Å². The Balaban J connectivity index is 1.60. The summed E-state index contributed by atoms with van der Waals surface area (Å²) in [6, 6.07) is 6.62. The quantitative estimate of drug-likeness (QED) is 0.894. The number of benzene rings is 1. The minimum absolute atomic E-state index is 0.175. The molecule has 144 valence electrons. The van der Waals surface area contributed by atoms with Gasteiger partial charge in [0, 0.05) is 19.1 Å². The number of rotatable bonds is 4. The first-order valence-corrected chi connectivity index (χ1v) is 10.0. The normalized spacial score (nSPS) is 28.0. The van der Waals surface area contributed by atoms with Gasteiger partial charge in [-0.15, -0.1) is 0 Å². The molecule has 1 amide bonds. The molecule has 0 aromatic heterocycles. The largest absolute Gasteiger partial charge is 0.385 e. The molecule has 2 saturated heterocycles. The van der Waals surface area contributed by atoms with E-state index in [9.17, 15) is 14.3 Å². The number of amides is 1. The zero-order valence-electron chi connectivity index (χ0n) is 15.8. The van der Waals surface area contributed by atoms with E-state index < -0.39 is 5.60 Å². The third-order valence-corrected chi connectivity index (χ3v) is 6.11. The Morgan fingerprint density at radius 3 is 2.65 bits per heavy atom. The van der Waals surface area contributed by atoms with E-state index in [4.69, 9.17) is 0 Å². The van der Waals surface area contributed by atoms with Crippen LogP contribution in [-0.4, -0.2) is 53.0 Å². The summed E-state index contributed by atoms with van der Waals surface area (Å²) < 4.78 is 13.2. The van der Waals surface area contributed by atoms with Gasteiger partial charge in [-0.25, -0.2) is 4.39 Å². The molecule has 0 aliphatic carbocycles. The van der Waals surface area contributed by atoms with E-state index in [0.717, 1.165) is 24.9 Å². The van der Waals surface area contributed by atoms with Crippen molar-refractivity contribution in [3.8, 4) is 0 Å². The van der Waals surface area contributed by atoms with Gasteiger partial charge in [-0.1, -0.05) is 25.5 Å². The fraction of sp³-hybridized carbons (Fsp3) is 0.667. The average Bonchev–Trinajstić information content (AvgIpc) is 2.85. The lowest BCUT2D eigenvalue weighted by Crippen LogP contribution is -2.47. The predicted molar refractivity (Wildman–Crippen MR) is 100 cm³/mol. The number of hydrogen-bond acceptors (Lipinski definition) is 3. The number of carbonyl (C=O) groups is 1. The van der Waals surface area contributed by atoms with E-state index in [-0.39, 0.29) is 11.7 Å². The Labute approximate surface area is 156 Å². The minimum atomic E-state index is -0.972. The lowest BCUT2D eigenvalue weighted by molar-refractivity contribution is -0.133.